The Balaban J connectivity index is 1.71. The van der Waals surface area contributed by atoms with Crippen LogP contribution in [-0.4, -0.2) is 48.2 Å². The highest BCUT2D eigenvalue weighted by Gasteiger charge is 2.27. The van der Waals surface area contributed by atoms with Crippen molar-refractivity contribution in [2.75, 3.05) is 19.7 Å². The fourth-order valence-corrected chi connectivity index (χ4v) is 3.50. The van der Waals surface area contributed by atoms with Crippen molar-refractivity contribution >= 4 is 34.9 Å². The number of thiophene rings is 1. The number of Topliss-reactive ketones (excluding diaryl/α,β-unsaturated/α-hetero) is 1. The van der Waals surface area contributed by atoms with Crippen LogP contribution in [0.5, 0.6) is 0 Å². The van der Waals surface area contributed by atoms with Crippen LogP contribution in [0.4, 0.5) is 0 Å². The number of ether oxygens (including phenoxy) is 1. The zero-order valence-electron chi connectivity index (χ0n) is 14.2. The minimum absolute atomic E-state index is 0.0560. The molecule has 2 N–H and O–H groups in total. The van der Waals surface area contributed by atoms with Gasteiger partial charge in [0.1, 0.15) is 0 Å². The molecule has 1 atom stereocenters. The van der Waals surface area contributed by atoms with Crippen molar-refractivity contribution in [3.05, 3.63) is 21.9 Å². The van der Waals surface area contributed by atoms with Gasteiger partial charge in [0.2, 0.25) is 5.91 Å². The maximum atomic E-state index is 12.1. The summed E-state index contributed by atoms with van der Waals surface area (Å²) in [7, 11) is 0. The molecule has 7 nitrogen and oxygen atoms in total. The summed E-state index contributed by atoms with van der Waals surface area (Å²) in [4.78, 5) is 50.1. The Labute approximate surface area is 150 Å². The monoisotopic (exact) mass is 366 g/mol. The van der Waals surface area contributed by atoms with E-state index < -0.39 is 11.9 Å². The smallest absolute Gasteiger partial charge is 0.306 e. The average molecular weight is 366 g/mol. The topological polar surface area (TPSA) is 107 Å². The molecule has 1 fully saturated rings. The fraction of sp³-hybridized carbons (Fsp3) is 0.529. The fourth-order valence-electron chi connectivity index (χ4n) is 2.66. The van der Waals surface area contributed by atoms with Crippen LogP contribution >= 0.6 is 11.3 Å². The van der Waals surface area contributed by atoms with Crippen LogP contribution in [0.15, 0.2) is 12.1 Å². The number of esters is 1. The first-order chi connectivity index (χ1) is 11.9. The van der Waals surface area contributed by atoms with Crippen LogP contribution in [-0.2, 0) is 19.1 Å². The maximum absolute atomic E-state index is 12.1. The van der Waals surface area contributed by atoms with Crippen molar-refractivity contribution in [3.63, 3.8) is 0 Å². The Bertz CT molecular complexity index is 670. The van der Waals surface area contributed by atoms with E-state index in [1.807, 2.05) is 13.0 Å². The van der Waals surface area contributed by atoms with E-state index in [9.17, 15) is 19.2 Å². The number of ketones is 1. The second kappa shape index (κ2) is 8.75. The number of rotatable bonds is 7. The van der Waals surface area contributed by atoms with Crippen LogP contribution in [0.2, 0.25) is 0 Å². The molecule has 0 aliphatic carbocycles. The van der Waals surface area contributed by atoms with E-state index in [0.29, 0.717) is 24.3 Å². The van der Waals surface area contributed by atoms with Gasteiger partial charge in [0.25, 0.3) is 5.91 Å². The zero-order chi connectivity index (χ0) is 18.4. The number of nitrogens with zero attached hydrogens (tertiary/aromatic N) is 1. The van der Waals surface area contributed by atoms with Gasteiger partial charge in [-0.3, -0.25) is 19.2 Å². The van der Waals surface area contributed by atoms with Crippen LogP contribution in [0, 0.1) is 12.8 Å². The van der Waals surface area contributed by atoms with Crippen molar-refractivity contribution in [1.29, 1.82) is 0 Å². The average Bonchev–Trinajstić information content (AvgIpc) is 3.04. The molecule has 0 saturated carbocycles. The number of piperidine rings is 1. The molecule has 0 spiro atoms. The summed E-state index contributed by atoms with van der Waals surface area (Å²) in [5.41, 5.74) is 5.28. The third-order valence-corrected chi connectivity index (χ3v) is 5.15. The molecule has 25 heavy (non-hydrogen) atoms. The molecule has 1 aromatic heterocycles. The van der Waals surface area contributed by atoms with Crippen molar-refractivity contribution in [2.45, 2.75) is 32.6 Å². The van der Waals surface area contributed by atoms with E-state index in [4.69, 9.17) is 10.5 Å². The van der Waals surface area contributed by atoms with Gasteiger partial charge in [-0.05, 0) is 31.9 Å². The summed E-state index contributed by atoms with van der Waals surface area (Å²) in [6.07, 6.45) is 1.36. The molecule has 1 saturated heterocycles. The molecular formula is C17H22N2O5S. The first-order valence-corrected chi connectivity index (χ1v) is 9.01. The lowest BCUT2D eigenvalue weighted by molar-refractivity contribution is -0.153. The number of nitrogens with two attached hydrogens (primary N) is 1. The first-order valence-electron chi connectivity index (χ1n) is 8.19. The Hall–Kier alpha value is -2.22. The molecule has 2 amide bonds. The normalized spacial score (nSPS) is 17.2. The summed E-state index contributed by atoms with van der Waals surface area (Å²) in [5.74, 6) is -1.81. The summed E-state index contributed by atoms with van der Waals surface area (Å²) < 4.78 is 4.95. The van der Waals surface area contributed by atoms with E-state index in [1.165, 1.54) is 16.2 Å². The molecule has 2 rings (SSSR count). The summed E-state index contributed by atoms with van der Waals surface area (Å²) in [6, 6.07) is 3.59. The molecule has 0 bridgehead atoms. The number of aryl methyl sites for hydroxylation is 1. The third kappa shape index (κ3) is 5.67. The maximum Gasteiger partial charge on any atom is 0.306 e. The minimum atomic E-state index is -0.585. The third-order valence-electron chi connectivity index (χ3n) is 4.10. The Morgan fingerprint density at radius 2 is 2.04 bits per heavy atom. The number of carbonyl (C=O) groups is 4. The number of hydrogen-bond acceptors (Lipinski definition) is 6. The molecule has 2 heterocycles. The van der Waals surface area contributed by atoms with E-state index >= 15 is 0 Å². The van der Waals surface area contributed by atoms with Gasteiger partial charge >= 0.3 is 5.97 Å². The number of primary amides is 1. The summed E-state index contributed by atoms with van der Waals surface area (Å²) in [6.45, 7) is 2.32. The van der Waals surface area contributed by atoms with Crippen molar-refractivity contribution in [1.82, 2.24) is 4.90 Å². The van der Waals surface area contributed by atoms with Gasteiger partial charge < -0.3 is 15.4 Å². The van der Waals surface area contributed by atoms with E-state index in [1.54, 1.807) is 6.07 Å². The molecule has 0 radical (unpaired) electrons. The van der Waals surface area contributed by atoms with Gasteiger partial charge in [-0.15, -0.1) is 11.3 Å². The molecule has 136 valence electrons. The largest absolute Gasteiger partial charge is 0.456 e. The van der Waals surface area contributed by atoms with Gasteiger partial charge in [0.05, 0.1) is 17.2 Å². The minimum Gasteiger partial charge on any atom is -0.456 e. The SMILES string of the molecule is Cc1ccc(C(=O)CCC(=O)OCC(=O)N2CCC[C@@H](C(N)=O)C2)s1. The second-order valence-corrected chi connectivity index (χ2v) is 7.36. The molecule has 0 unspecified atom stereocenters. The van der Waals surface area contributed by atoms with Crippen LogP contribution in [0.25, 0.3) is 0 Å². The zero-order valence-corrected chi connectivity index (χ0v) is 15.0. The van der Waals surface area contributed by atoms with Gasteiger partial charge in [0.15, 0.2) is 12.4 Å². The van der Waals surface area contributed by atoms with Crippen LogP contribution in [0.3, 0.4) is 0 Å². The number of carbonyl (C=O) groups excluding carboxylic acids is 4. The number of amides is 2. The highest BCUT2D eigenvalue weighted by atomic mass is 32.1. The lowest BCUT2D eigenvalue weighted by atomic mass is 9.97. The van der Waals surface area contributed by atoms with Gasteiger partial charge in [-0.2, -0.15) is 0 Å². The molecule has 1 aromatic rings. The summed E-state index contributed by atoms with van der Waals surface area (Å²) >= 11 is 1.39. The quantitative estimate of drug-likeness (QED) is 0.578. The van der Waals surface area contributed by atoms with E-state index in [0.717, 1.165) is 4.88 Å². The molecule has 8 heteroatoms. The van der Waals surface area contributed by atoms with Crippen LogP contribution < -0.4 is 5.73 Å². The number of likely N-dealkylation sites (tertiary alicyclic amines) is 1. The molecule has 1 aliphatic heterocycles. The second-order valence-electron chi connectivity index (χ2n) is 6.08. The van der Waals surface area contributed by atoms with Gasteiger partial charge in [-0.1, -0.05) is 0 Å². The first kappa shape index (κ1) is 19.1. The molecule has 0 aromatic carbocycles. The lowest BCUT2D eigenvalue weighted by Crippen LogP contribution is -2.45. The number of hydrogen-bond donors (Lipinski definition) is 1. The van der Waals surface area contributed by atoms with E-state index in [2.05, 4.69) is 0 Å². The van der Waals surface area contributed by atoms with Gasteiger partial charge in [0, 0.05) is 24.4 Å². The Kier molecular flexibility index (Phi) is 6.69. The standard InChI is InChI=1S/C17H22N2O5S/c1-11-4-6-14(25-11)13(20)5-7-16(22)24-10-15(21)19-8-2-3-12(9-19)17(18)23/h4,6,12H,2-3,5,7-10H2,1H3,(H2,18,23)/t12-/m1/s1. The van der Waals surface area contributed by atoms with Crippen molar-refractivity contribution in [2.24, 2.45) is 11.7 Å². The highest BCUT2D eigenvalue weighted by molar-refractivity contribution is 7.14. The lowest BCUT2D eigenvalue weighted by Gasteiger charge is -2.31. The molecular weight excluding hydrogens is 344 g/mol. The van der Waals surface area contributed by atoms with Crippen molar-refractivity contribution < 1.29 is 23.9 Å². The predicted octanol–water partition coefficient (Wildman–Crippen LogP) is 1.29. The van der Waals surface area contributed by atoms with E-state index in [-0.39, 0.29) is 43.6 Å². The Morgan fingerprint density at radius 3 is 2.68 bits per heavy atom. The Morgan fingerprint density at radius 1 is 1.28 bits per heavy atom. The van der Waals surface area contributed by atoms with Crippen LogP contribution in [0.1, 0.15) is 40.2 Å². The van der Waals surface area contributed by atoms with Gasteiger partial charge in [-0.25, -0.2) is 0 Å². The highest BCUT2D eigenvalue weighted by Crippen LogP contribution is 2.18. The predicted molar refractivity (Wildman–Crippen MR) is 92.1 cm³/mol. The molecule has 1 aliphatic rings. The summed E-state index contributed by atoms with van der Waals surface area (Å²) in [5, 5.41) is 0. The van der Waals surface area contributed by atoms with Crippen molar-refractivity contribution in [3.8, 4) is 0 Å².